The zero-order valence-corrected chi connectivity index (χ0v) is 16.3. The molecule has 30 heavy (non-hydrogen) atoms. The molecule has 0 saturated heterocycles. The fraction of sp³-hybridized carbons (Fsp3) is 0.0556. The third-order valence-corrected chi connectivity index (χ3v) is 5.30. The first-order chi connectivity index (χ1) is 14.2. The molecule has 1 N–H and O–H groups in total. The van der Waals surface area contributed by atoms with E-state index in [4.69, 9.17) is 12.2 Å². The fourth-order valence-electron chi connectivity index (χ4n) is 2.61. The number of carbonyl (C=O) groups is 1. The number of fused-ring (bicyclic) bond motifs is 1. The molecule has 0 unspecified atom stereocenters. The molecule has 0 saturated carbocycles. The third-order valence-electron chi connectivity index (χ3n) is 3.93. The van der Waals surface area contributed by atoms with E-state index in [0.717, 1.165) is 11.3 Å². The summed E-state index contributed by atoms with van der Waals surface area (Å²) >= 11 is 6.27. The molecule has 1 aromatic carbocycles. The van der Waals surface area contributed by atoms with Gasteiger partial charge in [-0.1, -0.05) is 11.3 Å². The van der Waals surface area contributed by atoms with Gasteiger partial charge < -0.3 is 5.32 Å². The molecule has 3 heterocycles. The van der Waals surface area contributed by atoms with E-state index in [1.165, 1.54) is 41.2 Å². The zero-order valence-electron chi connectivity index (χ0n) is 14.6. The van der Waals surface area contributed by atoms with Gasteiger partial charge in [0.2, 0.25) is 0 Å². The van der Waals surface area contributed by atoms with Gasteiger partial charge in [-0.2, -0.15) is 13.2 Å². The van der Waals surface area contributed by atoms with Gasteiger partial charge in [0, 0.05) is 23.6 Å². The molecule has 1 amide bonds. The van der Waals surface area contributed by atoms with Crippen LogP contribution < -0.4 is 5.32 Å². The summed E-state index contributed by atoms with van der Waals surface area (Å²) in [6.07, 6.45) is -2.16. The Morgan fingerprint density at radius 1 is 1.13 bits per heavy atom. The first kappa shape index (κ1) is 20.0. The number of hydrogen-bond donors (Lipinski definition) is 1. The number of aromatic nitrogens is 4. The van der Waals surface area contributed by atoms with Crippen molar-refractivity contribution in [3.63, 3.8) is 0 Å². The Kier molecular flexibility index (Phi) is 5.03. The Morgan fingerprint density at radius 3 is 2.50 bits per heavy atom. The van der Waals surface area contributed by atoms with E-state index < -0.39 is 17.9 Å². The number of anilines is 1. The summed E-state index contributed by atoms with van der Waals surface area (Å²) in [5, 5.41) is 1.79. The Labute approximate surface area is 174 Å². The molecule has 0 aliphatic heterocycles. The van der Waals surface area contributed by atoms with Crippen molar-refractivity contribution in [2.45, 2.75) is 6.18 Å². The Balaban J connectivity index is 1.98. The Hall–Kier alpha value is -3.25. The topological polar surface area (TPSA) is 72.7 Å². The van der Waals surface area contributed by atoms with Gasteiger partial charge in [-0.3, -0.25) is 14.3 Å². The molecule has 152 valence electrons. The highest BCUT2D eigenvalue weighted by molar-refractivity contribution is 7.73. The number of thiazole rings is 1. The fourth-order valence-corrected chi connectivity index (χ4v) is 3.93. The number of hydrogen-bond acceptors (Lipinski definition) is 6. The van der Waals surface area contributed by atoms with E-state index in [9.17, 15) is 22.4 Å². The van der Waals surface area contributed by atoms with Crippen LogP contribution in [0.15, 0.2) is 48.8 Å². The standard InChI is InChI=1S/C18H9F4N5OS2/c19-10-3-5-11(6-4-10)27-15-12(30-17(27)29)14(26-16(28)18(20,21)22)24-13(25-15)9-2-1-7-23-8-9/h1-8H,(H,24,25,26,28). The van der Waals surface area contributed by atoms with Crippen LogP contribution in [-0.4, -0.2) is 31.6 Å². The summed E-state index contributed by atoms with van der Waals surface area (Å²) in [6, 6.07) is 8.57. The summed E-state index contributed by atoms with van der Waals surface area (Å²) in [7, 11) is 0. The second kappa shape index (κ2) is 7.54. The molecule has 0 atom stereocenters. The maximum absolute atomic E-state index is 13.3. The first-order valence-electron chi connectivity index (χ1n) is 8.22. The van der Waals surface area contributed by atoms with Gasteiger partial charge in [-0.25, -0.2) is 14.4 Å². The van der Waals surface area contributed by atoms with Gasteiger partial charge >= 0.3 is 12.1 Å². The number of nitrogens with one attached hydrogen (secondary N) is 1. The minimum Gasteiger partial charge on any atom is -0.301 e. The number of amides is 1. The zero-order chi connectivity index (χ0) is 21.5. The second-order valence-corrected chi connectivity index (χ2v) is 7.57. The first-order valence-corrected chi connectivity index (χ1v) is 9.44. The van der Waals surface area contributed by atoms with Crippen LogP contribution in [-0.2, 0) is 4.79 Å². The van der Waals surface area contributed by atoms with Crippen molar-refractivity contribution in [2.24, 2.45) is 0 Å². The van der Waals surface area contributed by atoms with Crippen LogP contribution in [0.25, 0.3) is 27.4 Å². The monoisotopic (exact) mass is 451 g/mol. The number of benzene rings is 1. The van der Waals surface area contributed by atoms with E-state index in [0.29, 0.717) is 11.3 Å². The maximum Gasteiger partial charge on any atom is 0.471 e. The van der Waals surface area contributed by atoms with Crippen molar-refractivity contribution in [2.75, 3.05) is 5.32 Å². The summed E-state index contributed by atoms with van der Waals surface area (Å²) < 4.78 is 53.6. The quantitative estimate of drug-likeness (QED) is 0.354. The number of pyridine rings is 1. The molecular weight excluding hydrogens is 442 g/mol. The van der Waals surface area contributed by atoms with E-state index >= 15 is 0 Å². The number of rotatable bonds is 3. The minimum absolute atomic E-state index is 0.0386. The van der Waals surface area contributed by atoms with Gasteiger partial charge in [0.25, 0.3) is 0 Å². The molecule has 6 nitrogen and oxygen atoms in total. The van der Waals surface area contributed by atoms with Crippen LogP contribution in [0.5, 0.6) is 0 Å². The molecule has 0 bridgehead atoms. The van der Waals surface area contributed by atoms with Gasteiger partial charge in [0.1, 0.15) is 10.5 Å². The molecular formula is C18H9F4N5OS2. The van der Waals surface area contributed by atoms with Crippen molar-refractivity contribution in [3.8, 4) is 17.1 Å². The Morgan fingerprint density at radius 2 is 1.87 bits per heavy atom. The molecule has 0 fully saturated rings. The van der Waals surface area contributed by atoms with Crippen LogP contribution in [0, 0.1) is 9.77 Å². The van der Waals surface area contributed by atoms with Crippen LogP contribution in [0.3, 0.4) is 0 Å². The van der Waals surface area contributed by atoms with Gasteiger partial charge in [0.05, 0.1) is 0 Å². The van der Waals surface area contributed by atoms with E-state index in [1.54, 1.807) is 17.4 Å². The van der Waals surface area contributed by atoms with Gasteiger partial charge in [-0.15, -0.1) is 0 Å². The SMILES string of the molecule is O=C(Nc1nc(-c2cccnc2)nc2c1sc(=S)n2-c1ccc(F)cc1)C(F)(F)F. The van der Waals surface area contributed by atoms with E-state index in [-0.39, 0.29) is 25.9 Å². The summed E-state index contributed by atoms with van der Waals surface area (Å²) in [5.41, 5.74) is 1.05. The van der Waals surface area contributed by atoms with Crippen molar-refractivity contribution in [1.82, 2.24) is 19.5 Å². The highest BCUT2D eigenvalue weighted by Gasteiger charge is 2.39. The highest BCUT2D eigenvalue weighted by Crippen LogP contribution is 2.33. The summed E-state index contributed by atoms with van der Waals surface area (Å²) in [6.45, 7) is 0. The van der Waals surface area contributed by atoms with Crippen LogP contribution in [0.1, 0.15) is 0 Å². The molecule has 4 rings (SSSR count). The number of carbonyl (C=O) groups excluding carboxylic acids is 1. The average Bonchev–Trinajstić information content (AvgIpc) is 3.05. The molecule has 0 aliphatic rings. The lowest BCUT2D eigenvalue weighted by Gasteiger charge is -2.10. The number of alkyl halides is 3. The summed E-state index contributed by atoms with van der Waals surface area (Å²) in [4.78, 5) is 24.0. The molecule has 0 radical (unpaired) electrons. The van der Waals surface area contributed by atoms with Crippen molar-refractivity contribution in [1.29, 1.82) is 0 Å². The average molecular weight is 451 g/mol. The normalized spacial score (nSPS) is 11.6. The van der Waals surface area contributed by atoms with Crippen molar-refractivity contribution >= 4 is 45.6 Å². The van der Waals surface area contributed by atoms with E-state index in [1.807, 2.05) is 0 Å². The maximum atomic E-state index is 13.3. The smallest absolute Gasteiger partial charge is 0.301 e. The van der Waals surface area contributed by atoms with Crippen LogP contribution >= 0.6 is 23.6 Å². The predicted molar refractivity (Wildman–Crippen MR) is 105 cm³/mol. The largest absolute Gasteiger partial charge is 0.471 e. The molecule has 3 aromatic heterocycles. The predicted octanol–water partition coefficient (Wildman–Crippen LogP) is 4.91. The van der Waals surface area contributed by atoms with Crippen molar-refractivity contribution in [3.05, 3.63) is 58.6 Å². The lowest BCUT2D eigenvalue weighted by atomic mass is 10.2. The number of nitrogens with zero attached hydrogens (tertiary/aromatic N) is 4. The Bertz CT molecular complexity index is 1300. The molecule has 12 heteroatoms. The van der Waals surface area contributed by atoms with Crippen molar-refractivity contribution < 1.29 is 22.4 Å². The minimum atomic E-state index is -5.10. The van der Waals surface area contributed by atoms with E-state index in [2.05, 4.69) is 15.0 Å². The summed E-state index contributed by atoms with van der Waals surface area (Å²) in [5.74, 6) is -2.93. The molecule has 0 spiro atoms. The van der Waals surface area contributed by atoms with Gasteiger partial charge in [-0.05, 0) is 48.6 Å². The third kappa shape index (κ3) is 3.78. The van der Waals surface area contributed by atoms with Crippen LogP contribution in [0.4, 0.5) is 23.4 Å². The highest BCUT2D eigenvalue weighted by atomic mass is 32.1. The number of halogens is 4. The van der Waals surface area contributed by atoms with Crippen LogP contribution in [0.2, 0.25) is 0 Å². The van der Waals surface area contributed by atoms with Gasteiger partial charge in [0.15, 0.2) is 21.2 Å². The molecule has 4 aromatic rings. The molecule has 0 aliphatic carbocycles. The second-order valence-electron chi connectivity index (χ2n) is 5.92. The lowest BCUT2D eigenvalue weighted by Crippen LogP contribution is -2.30. The lowest BCUT2D eigenvalue weighted by molar-refractivity contribution is -0.167.